The molecular weight excluding hydrogens is 220 g/mol. The van der Waals surface area contributed by atoms with Crippen molar-refractivity contribution in [3.8, 4) is 0 Å². The summed E-state index contributed by atoms with van der Waals surface area (Å²) in [5.74, 6) is 0. The zero-order chi connectivity index (χ0) is 13.1. The van der Waals surface area contributed by atoms with E-state index in [1.165, 1.54) is 0 Å². The van der Waals surface area contributed by atoms with Crippen LogP contribution in [-0.2, 0) is 9.47 Å². The average molecular weight is 244 g/mol. The summed E-state index contributed by atoms with van der Waals surface area (Å²) < 4.78 is 10.5. The molecule has 1 unspecified atom stereocenters. The maximum Gasteiger partial charge on any atom is 0.407 e. The van der Waals surface area contributed by atoms with Gasteiger partial charge in [-0.25, -0.2) is 4.79 Å². The molecule has 1 amide bonds. The Hall–Kier alpha value is -0.810. The molecule has 1 rings (SSSR count). The van der Waals surface area contributed by atoms with Crippen LogP contribution >= 0.6 is 0 Å². The first-order chi connectivity index (χ1) is 7.83. The van der Waals surface area contributed by atoms with E-state index >= 15 is 0 Å². The molecule has 0 aliphatic carbocycles. The first-order valence-electron chi connectivity index (χ1n) is 6.10. The van der Waals surface area contributed by atoms with Crippen molar-refractivity contribution >= 4 is 6.09 Å². The molecule has 0 radical (unpaired) electrons. The van der Waals surface area contributed by atoms with Crippen molar-refractivity contribution in [1.82, 2.24) is 5.32 Å². The van der Waals surface area contributed by atoms with E-state index < -0.39 is 11.7 Å². The van der Waals surface area contributed by atoms with E-state index in [1.807, 2.05) is 20.8 Å². The van der Waals surface area contributed by atoms with Gasteiger partial charge in [0.25, 0.3) is 0 Å². The Morgan fingerprint density at radius 1 is 1.53 bits per heavy atom. The van der Waals surface area contributed by atoms with Crippen LogP contribution in [0.5, 0.6) is 0 Å². The minimum absolute atomic E-state index is 0.0222. The minimum Gasteiger partial charge on any atom is -0.444 e. The lowest BCUT2D eigenvalue weighted by molar-refractivity contribution is -0.132. The molecule has 100 valence electrons. The summed E-state index contributed by atoms with van der Waals surface area (Å²) in [7, 11) is 0. The molecule has 1 atom stereocenters. The van der Waals surface area contributed by atoms with Crippen LogP contribution in [0.25, 0.3) is 0 Å². The number of alkyl carbamates (subject to hydrolysis) is 1. The van der Waals surface area contributed by atoms with Gasteiger partial charge in [-0.3, -0.25) is 0 Å². The highest BCUT2D eigenvalue weighted by atomic mass is 16.6. The van der Waals surface area contributed by atoms with Gasteiger partial charge in [-0.05, 0) is 27.2 Å². The van der Waals surface area contributed by atoms with E-state index in [2.05, 4.69) is 12.2 Å². The number of ether oxygens (including phenoxy) is 2. The summed E-state index contributed by atoms with van der Waals surface area (Å²) in [4.78, 5) is 11.7. The van der Waals surface area contributed by atoms with Gasteiger partial charge in [0, 0.05) is 12.0 Å². The van der Waals surface area contributed by atoms with Gasteiger partial charge in [0.05, 0.1) is 19.3 Å². The van der Waals surface area contributed by atoms with Crippen molar-refractivity contribution in [3.05, 3.63) is 0 Å². The van der Waals surface area contributed by atoms with Gasteiger partial charge in [0.2, 0.25) is 0 Å². The van der Waals surface area contributed by atoms with Crippen molar-refractivity contribution in [2.24, 2.45) is 11.1 Å². The largest absolute Gasteiger partial charge is 0.444 e. The van der Waals surface area contributed by atoms with Crippen LogP contribution in [0.1, 0.15) is 34.1 Å². The number of carbonyl (C=O) groups excluding carboxylic acids is 1. The standard InChI is InChI=1S/C12H24N2O3/c1-5-12(7-16-8-12)9(6-13)14-10(15)17-11(2,3)4/h9H,5-8,13H2,1-4H3,(H,14,15). The van der Waals surface area contributed by atoms with Gasteiger partial charge in [-0.2, -0.15) is 0 Å². The molecule has 1 saturated heterocycles. The number of carbonyl (C=O) groups is 1. The van der Waals surface area contributed by atoms with E-state index in [-0.39, 0.29) is 11.5 Å². The quantitative estimate of drug-likeness (QED) is 0.781. The Morgan fingerprint density at radius 3 is 2.41 bits per heavy atom. The smallest absolute Gasteiger partial charge is 0.407 e. The lowest BCUT2D eigenvalue weighted by Gasteiger charge is -2.46. The van der Waals surface area contributed by atoms with Crippen molar-refractivity contribution in [3.63, 3.8) is 0 Å². The minimum atomic E-state index is -0.487. The summed E-state index contributed by atoms with van der Waals surface area (Å²) in [5.41, 5.74) is 5.22. The first-order valence-corrected chi connectivity index (χ1v) is 6.10. The Bertz CT molecular complexity index is 264. The van der Waals surface area contributed by atoms with Crippen LogP contribution in [0.2, 0.25) is 0 Å². The fourth-order valence-corrected chi connectivity index (χ4v) is 1.93. The van der Waals surface area contributed by atoms with Crippen molar-refractivity contribution in [1.29, 1.82) is 0 Å². The molecule has 0 aromatic carbocycles. The maximum absolute atomic E-state index is 11.7. The van der Waals surface area contributed by atoms with E-state index in [9.17, 15) is 4.79 Å². The zero-order valence-electron chi connectivity index (χ0n) is 11.2. The second-order valence-corrected chi connectivity index (χ2v) is 5.64. The number of nitrogens with two attached hydrogens (primary N) is 1. The second-order valence-electron chi connectivity index (χ2n) is 5.64. The van der Waals surface area contributed by atoms with Crippen molar-refractivity contribution < 1.29 is 14.3 Å². The van der Waals surface area contributed by atoms with Gasteiger partial charge in [0.1, 0.15) is 5.60 Å². The zero-order valence-corrected chi connectivity index (χ0v) is 11.2. The van der Waals surface area contributed by atoms with E-state index in [0.717, 1.165) is 6.42 Å². The highest BCUT2D eigenvalue weighted by molar-refractivity contribution is 5.68. The molecule has 0 bridgehead atoms. The molecule has 1 heterocycles. The second kappa shape index (κ2) is 5.23. The number of hydrogen-bond donors (Lipinski definition) is 2. The lowest BCUT2D eigenvalue weighted by Crippen LogP contribution is -2.61. The molecule has 0 aromatic heterocycles. The van der Waals surface area contributed by atoms with Crippen molar-refractivity contribution in [2.45, 2.75) is 45.8 Å². The fourth-order valence-electron chi connectivity index (χ4n) is 1.93. The van der Waals surface area contributed by atoms with Crippen molar-refractivity contribution in [2.75, 3.05) is 19.8 Å². The summed E-state index contributed by atoms with van der Waals surface area (Å²) in [6, 6.07) is -0.0869. The Morgan fingerprint density at radius 2 is 2.12 bits per heavy atom. The number of nitrogens with one attached hydrogen (secondary N) is 1. The third kappa shape index (κ3) is 3.57. The Balaban J connectivity index is 2.55. The topological polar surface area (TPSA) is 73.6 Å². The highest BCUT2D eigenvalue weighted by Crippen LogP contribution is 2.34. The summed E-state index contributed by atoms with van der Waals surface area (Å²) >= 11 is 0. The summed E-state index contributed by atoms with van der Waals surface area (Å²) in [5, 5.41) is 2.85. The van der Waals surface area contributed by atoms with Crippen LogP contribution < -0.4 is 11.1 Å². The fraction of sp³-hybridized carbons (Fsp3) is 0.917. The summed E-state index contributed by atoms with van der Waals surface area (Å²) in [6.07, 6.45) is 0.526. The molecule has 1 aliphatic rings. The van der Waals surface area contributed by atoms with Crippen LogP contribution in [0.3, 0.4) is 0 Å². The predicted octanol–water partition coefficient (Wildman–Crippen LogP) is 1.26. The molecule has 5 nitrogen and oxygen atoms in total. The first kappa shape index (κ1) is 14.3. The maximum atomic E-state index is 11.7. The molecule has 1 fully saturated rings. The molecule has 1 aliphatic heterocycles. The molecule has 3 N–H and O–H groups in total. The van der Waals surface area contributed by atoms with E-state index in [4.69, 9.17) is 15.2 Å². The third-order valence-corrected chi connectivity index (χ3v) is 3.15. The van der Waals surface area contributed by atoms with E-state index in [1.54, 1.807) is 0 Å². The predicted molar refractivity (Wildman–Crippen MR) is 65.8 cm³/mol. The lowest BCUT2D eigenvalue weighted by atomic mass is 9.76. The SMILES string of the molecule is CCC1(C(CN)NC(=O)OC(C)(C)C)COC1. The van der Waals surface area contributed by atoms with Crippen LogP contribution in [-0.4, -0.2) is 37.5 Å². The van der Waals surface area contributed by atoms with Gasteiger partial charge in [-0.15, -0.1) is 0 Å². The Kier molecular flexibility index (Phi) is 4.38. The molecule has 5 heteroatoms. The Labute approximate surface area is 103 Å². The number of rotatable bonds is 4. The normalized spacial score (nSPS) is 20.3. The van der Waals surface area contributed by atoms with Crippen LogP contribution in [0.4, 0.5) is 4.79 Å². The molecule has 0 aromatic rings. The third-order valence-electron chi connectivity index (χ3n) is 3.15. The van der Waals surface area contributed by atoms with Gasteiger partial charge >= 0.3 is 6.09 Å². The van der Waals surface area contributed by atoms with Crippen LogP contribution in [0.15, 0.2) is 0 Å². The number of amides is 1. The molecule has 17 heavy (non-hydrogen) atoms. The highest BCUT2D eigenvalue weighted by Gasteiger charge is 2.44. The molecular formula is C12H24N2O3. The van der Waals surface area contributed by atoms with Gasteiger partial charge in [0.15, 0.2) is 0 Å². The van der Waals surface area contributed by atoms with E-state index in [0.29, 0.717) is 19.8 Å². The monoisotopic (exact) mass is 244 g/mol. The van der Waals surface area contributed by atoms with Gasteiger partial charge in [-0.1, -0.05) is 6.92 Å². The average Bonchev–Trinajstić information content (AvgIpc) is 2.12. The summed E-state index contributed by atoms with van der Waals surface area (Å²) in [6.45, 7) is 9.31. The van der Waals surface area contributed by atoms with Gasteiger partial charge < -0.3 is 20.5 Å². The molecule has 0 spiro atoms. The van der Waals surface area contributed by atoms with Crippen LogP contribution in [0, 0.1) is 5.41 Å². The molecule has 0 saturated carbocycles. The number of hydrogen-bond acceptors (Lipinski definition) is 4.